The molecular formula is C22H21N3O3. The van der Waals surface area contributed by atoms with Crippen LogP contribution in [0.3, 0.4) is 0 Å². The number of fused-ring (bicyclic) bond motifs is 2. The number of amides is 1. The lowest BCUT2D eigenvalue weighted by atomic mass is 9.92. The summed E-state index contributed by atoms with van der Waals surface area (Å²) in [5, 5.41) is 7.77. The number of carbonyl (C=O) groups is 1. The molecule has 1 aromatic heterocycles. The zero-order chi connectivity index (χ0) is 18.9. The number of benzene rings is 2. The first-order chi connectivity index (χ1) is 13.8. The molecule has 1 aliphatic carbocycles. The van der Waals surface area contributed by atoms with E-state index >= 15 is 0 Å². The highest BCUT2D eigenvalue weighted by atomic mass is 16.7. The zero-order valence-corrected chi connectivity index (χ0v) is 15.4. The molecule has 0 bridgehead atoms. The molecule has 1 amide bonds. The maximum Gasteiger partial charge on any atom is 0.251 e. The summed E-state index contributed by atoms with van der Waals surface area (Å²) in [5.74, 6) is 1.19. The van der Waals surface area contributed by atoms with Gasteiger partial charge in [-0.05, 0) is 43.0 Å². The van der Waals surface area contributed by atoms with Crippen LogP contribution in [-0.4, -0.2) is 22.5 Å². The fraction of sp³-hybridized carbons (Fsp3) is 0.273. The van der Waals surface area contributed by atoms with Crippen LogP contribution in [0.15, 0.2) is 54.7 Å². The van der Waals surface area contributed by atoms with Gasteiger partial charge in [0.25, 0.3) is 5.91 Å². The highest BCUT2D eigenvalue weighted by Gasteiger charge is 2.26. The third kappa shape index (κ3) is 3.11. The van der Waals surface area contributed by atoms with Crippen molar-refractivity contribution in [3.8, 4) is 11.5 Å². The van der Waals surface area contributed by atoms with E-state index in [9.17, 15) is 4.79 Å². The number of nitrogens with one attached hydrogen (secondary N) is 1. The van der Waals surface area contributed by atoms with Crippen LogP contribution in [0.5, 0.6) is 11.5 Å². The van der Waals surface area contributed by atoms with E-state index in [0.717, 1.165) is 31.4 Å². The van der Waals surface area contributed by atoms with Crippen LogP contribution in [0.2, 0.25) is 0 Å². The Labute approximate surface area is 163 Å². The minimum atomic E-state index is -0.105. The SMILES string of the molecule is O=C(NC1CCCc2c1cnn2Cc1ccccc1)c1ccc2c(c1)OCO2. The fourth-order valence-corrected chi connectivity index (χ4v) is 3.94. The second-order valence-electron chi connectivity index (χ2n) is 7.18. The second kappa shape index (κ2) is 7.03. The molecule has 6 nitrogen and oxygen atoms in total. The van der Waals surface area contributed by atoms with Crippen molar-refractivity contribution in [2.75, 3.05) is 6.79 Å². The average Bonchev–Trinajstić information content (AvgIpc) is 3.36. The van der Waals surface area contributed by atoms with Gasteiger partial charge in [-0.2, -0.15) is 5.10 Å². The van der Waals surface area contributed by atoms with E-state index in [0.29, 0.717) is 17.1 Å². The Bertz CT molecular complexity index is 1010. The maximum absolute atomic E-state index is 12.8. The molecule has 3 aromatic rings. The molecule has 6 heteroatoms. The van der Waals surface area contributed by atoms with E-state index in [1.54, 1.807) is 18.2 Å². The molecule has 5 rings (SSSR count). The Morgan fingerprint density at radius 2 is 2.00 bits per heavy atom. The van der Waals surface area contributed by atoms with Crippen LogP contribution in [0, 0.1) is 0 Å². The molecule has 2 aromatic carbocycles. The van der Waals surface area contributed by atoms with Crippen molar-refractivity contribution in [2.24, 2.45) is 0 Å². The molecule has 1 unspecified atom stereocenters. The van der Waals surface area contributed by atoms with Crippen LogP contribution >= 0.6 is 0 Å². The summed E-state index contributed by atoms with van der Waals surface area (Å²) in [5.41, 5.74) is 4.13. The second-order valence-corrected chi connectivity index (χ2v) is 7.18. The van der Waals surface area contributed by atoms with Gasteiger partial charge in [-0.3, -0.25) is 9.48 Å². The first-order valence-corrected chi connectivity index (χ1v) is 9.57. The molecule has 0 saturated carbocycles. The largest absolute Gasteiger partial charge is 0.454 e. The molecule has 1 atom stereocenters. The van der Waals surface area contributed by atoms with Gasteiger partial charge in [-0.25, -0.2) is 0 Å². The van der Waals surface area contributed by atoms with Gasteiger partial charge >= 0.3 is 0 Å². The highest BCUT2D eigenvalue weighted by molar-refractivity contribution is 5.95. The van der Waals surface area contributed by atoms with E-state index in [-0.39, 0.29) is 18.7 Å². The van der Waals surface area contributed by atoms with Crippen molar-refractivity contribution in [1.82, 2.24) is 15.1 Å². The molecule has 2 heterocycles. The van der Waals surface area contributed by atoms with Crippen LogP contribution in [0.4, 0.5) is 0 Å². The summed E-state index contributed by atoms with van der Waals surface area (Å²) in [6.07, 6.45) is 4.83. The summed E-state index contributed by atoms with van der Waals surface area (Å²) in [4.78, 5) is 12.8. The van der Waals surface area contributed by atoms with Crippen molar-refractivity contribution >= 4 is 5.91 Å². The van der Waals surface area contributed by atoms with Gasteiger partial charge in [0.05, 0.1) is 18.8 Å². The number of carbonyl (C=O) groups excluding carboxylic acids is 1. The van der Waals surface area contributed by atoms with E-state index in [4.69, 9.17) is 9.47 Å². The molecule has 1 N–H and O–H groups in total. The molecule has 0 saturated heterocycles. The molecule has 1 aliphatic heterocycles. The zero-order valence-electron chi connectivity index (χ0n) is 15.4. The van der Waals surface area contributed by atoms with Crippen molar-refractivity contribution in [1.29, 1.82) is 0 Å². The Morgan fingerprint density at radius 3 is 2.89 bits per heavy atom. The van der Waals surface area contributed by atoms with Gasteiger partial charge in [-0.15, -0.1) is 0 Å². The number of ether oxygens (including phenoxy) is 2. The number of hydrogen-bond acceptors (Lipinski definition) is 4. The predicted octanol–water partition coefficient (Wildman–Crippen LogP) is 3.47. The van der Waals surface area contributed by atoms with Crippen molar-refractivity contribution in [3.05, 3.63) is 77.1 Å². The monoisotopic (exact) mass is 375 g/mol. The van der Waals surface area contributed by atoms with E-state index in [1.807, 2.05) is 24.4 Å². The fourth-order valence-electron chi connectivity index (χ4n) is 3.94. The standard InChI is InChI=1S/C22H21N3O3/c26-22(16-9-10-20-21(11-16)28-14-27-20)24-18-7-4-8-19-17(18)12-23-25(19)13-15-5-2-1-3-6-15/h1-3,5-6,9-12,18H,4,7-8,13-14H2,(H,24,26). The van der Waals surface area contributed by atoms with E-state index in [1.165, 1.54) is 11.3 Å². The Hall–Kier alpha value is -3.28. The van der Waals surface area contributed by atoms with Gasteiger partial charge in [0.15, 0.2) is 11.5 Å². The summed E-state index contributed by atoms with van der Waals surface area (Å²) in [7, 11) is 0. The quantitative estimate of drug-likeness (QED) is 0.758. The topological polar surface area (TPSA) is 65.4 Å². The minimum absolute atomic E-state index is 0.0220. The lowest BCUT2D eigenvalue weighted by Crippen LogP contribution is -2.31. The average molecular weight is 375 g/mol. The Balaban J connectivity index is 1.34. The number of nitrogens with zero attached hydrogens (tertiary/aromatic N) is 2. The smallest absolute Gasteiger partial charge is 0.251 e. The lowest BCUT2D eigenvalue weighted by Gasteiger charge is -2.24. The molecule has 0 fully saturated rings. The van der Waals surface area contributed by atoms with Crippen LogP contribution in [0.1, 0.15) is 46.1 Å². The van der Waals surface area contributed by atoms with Crippen molar-refractivity contribution < 1.29 is 14.3 Å². The third-order valence-electron chi connectivity index (χ3n) is 5.38. The van der Waals surface area contributed by atoms with Gasteiger partial charge in [-0.1, -0.05) is 30.3 Å². The summed E-state index contributed by atoms with van der Waals surface area (Å²) in [6.45, 7) is 0.950. The molecule has 0 radical (unpaired) electrons. The van der Waals surface area contributed by atoms with Crippen molar-refractivity contribution in [3.63, 3.8) is 0 Å². The van der Waals surface area contributed by atoms with Gasteiger partial charge in [0, 0.05) is 16.8 Å². The molecular weight excluding hydrogens is 354 g/mol. The van der Waals surface area contributed by atoms with Crippen molar-refractivity contribution in [2.45, 2.75) is 31.8 Å². The highest BCUT2D eigenvalue weighted by Crippen LogP contribution is 2.33. The first kappa shape index (κ1) is 16.9. The number of hydrogen-bond donors (Lipinski definition) is 1. The van der Waals surface area contributed by atoms with Gasteiger partial charge in [0.1, 0.15) is 0 Å². The first-order valence-electron chi connectivity index (χ1n) is 9.57. The molecule has 0 spiro atoms. The number of aromatic nitrogens is 2. The summed E-state index contributed by atoms with van der Waals surface area (Å²) >= 11 is 0. The van der Waals surface area contributed by atoms with Crippen LogP contribution in [-0.2, 0) is 13.0 Å². The van der Waals surface area contributed by atoms with Gasteiger partial charge in [0.2, 0.25) is 6.79 Å². The Morgan fingerprint density at radius 1 is 1.14 bits per heavy atom. The summed E-state index contributed by atoms with van der Waals surface area (Å²) < 4.78 is 12.8. The summed E-state index contributed by atoms with van der Waals surface area (Å²) in [6, 6.07) is 15.6. The van der Waals surface area contributed by atoms with Crippen LogP contribution in [0.25, 0.3) is 0 Å². The normalized spacial score (nSPS) is 17.2. The maximum atomic E-state index is 12.8. The molecule has 28 heavy (non-hydrogen) atoms. The van der Waals surface area contributed by atoms with Gasteiger partial charge < -0.3 is 14.8 Å². The third-order valence-corrected chi connectivity index (χ3v) is 5.38. The predicted molar refractivity (Wildman–Crippen MR) is 103 cm³/mol. The lowest BCUT2D eigenvalue weighted by molar-refractivity contribution is 0.0932. The number of rotatable bonds is 4. The molecule has 2 aliphatic rings. The van der Waals surface area contributed by atoms with E-state index in [2.05, 4.69) is 27.2 Å². The Kier molecular flexibility index (Phi) is 4.24. The van der Waals surface area contributed by atoms with Crippen LogP contribution < -0.4 is 14.8 Å². The minimum Gasteiger partial charge on any atom is -0.454 e. The molecule has 142 valence electrons. The van der Waals surface area contributed by atoms with E-state index < -0.39 is 0 Å².